The molecule has 2 rings (SSSR count). The van der Waals surface area contributed by atoms with Crippen molar-refractivity contribution in [2.24, 2.45) is 22.3 Å². The van der Waals surface area contributed by atoms with Gasteiger partial charge in [-0.2, -0.15) is 0 Å². The van der Waals surface area contributed by atoms with E-state index >= 15 is 0 Å². The highest BCUT2D eigenvalue weighted by Crippen LogP contribution is 2.48. The van der Waals surface area contributed by atoms with Gasteiger partial charge in [0.1, 0.15) is 11.2 Å². The van der Waals surface area contributed by atoms with E-state index in [1.807, 2.05) is 0 Å². The van der Waals surface area contributed by atoms with Gasteiger partial charge in [-0.15, -0.1) is 0 Å². The van der Waals surface area contributed by atoms with Crippen LogP contribution in [0.5, 0.6) is 0 Å². The Kier molecular flexibility index (Phi) is 6.04. The average Bonchev–Trinajstić information content (AvgIpc) is 2.44. The molecule has 26 heavy (non-hydrogen) atoms. The maximum absolute atomic E-state index is 13.0. The van der Waals surface area contributed by atoms with Gasteiger partial charge >= 0.3 is 6.16 Å². The molecule has 0 aromatic carbocycles. The summed E-state index contributed by atoms with van der Waals surface area (Å²) in [7, 11) is 0. The molecule has 0 spiro atoms. The highest BCUT2D eigenvalue weighted by atomic mass is 16.7. The first-order chi connectivity index (χ1) is 11.8. The lowest BCUT2D eigenvalue weighted by molar-refractivity contribution is -0.165. The zero-order valence-electron chi connectivity index (χ0n) is 17.7. The van der Waals surface area contributed by atoms with E-state index in [1.54, 1.807) is 0 Å². The average molecular weight is 369 g/mol. The number of hydrogen-bond acceptors (Lipinski definition) is 5. The van der Waals surface area contributed by atoms with E-state index in [2.05, 4.69) is 41.5 Å². The minimum atomic E-state index is -0.572. The Bertz CT molecular complexity index is 464. The molecule has 2 aliphatic rings. The molecule has 0 aromatic heterocycles. The Morgan fingerprint density at radius 3 is 1.42 bits per heavy atom. The number of carbonyl (C=O) groups is 1. The Morgan fingerprint density at radius 2 is 1.15 bits per heavy atom. The van der Waals surface area contributed by atoms with Crippen molar-refractivity contribution in [3.8, 4) is 0 Å². The van der Waals surface area contributed by atoms with Gasteiger partial charge in [0.2, 0.25) is 0 Å². The van der Waals surface area contributed by atoms with E-state index in [9.17, 15) is 4.79 Å². The normalized spacial score (nSPS) is 36.5. The van der Waals surface area contributed by atoms with Crippen LogP contribution >= 0.6 is 0 Å². The molecular formula is C21H40N2O3. The Hall–Kier alpha value is -0.810. The lowest BCUT2D eigenvalue weighted by atomic mass is 9.66. The summed E-state index contributed by atoms with van der Waals surface area (Å²) >= 11 is 0. The van der Waals surface area contributed by atoms with Gasteiger partial charge in [0.05, 0.1) is 0 Å². The molecule has 4 N–H and O–H groups in total. The highest BCUT2D eigenvalue weighted by molar-refractivity contribution is 5.62. The monoisotopic (exact) mass is 368 g/mol. The molecule has 0 radical (unpaired) electrons. The van der Waals surface area contributed by atoms with Crippen molar-refractivity contribution in [3.05, 3.63) is 0 Å². The minimum absolute atomic E-state index is 0.0652. The van der Waals surface area contributed by atoms with Crippen molar-refractivity contribution in [3.63, 3.8) is 0 Å². The molecule has 2 saturated carbocycles. The van der Waals surface area contributed by atoms with Gasteiger partial charge in [-0.1, -0.05) is 41.5 Å². The van der Waals surface area contributed by atoms with Crippen LogP contribution in [0.25, 0.3) is 0 Å². The van der Waals surface area contributed by atoms with Crippen molar-refractivity contribution in [2.45, 2.75) is 116 Å². The molecule has 0 aromatic rings. The molecule has 4 unspecified atom stereocenters. The molecule has 4 atom stereocenters. The fourth-order valence-electron chi connectivity index (χ4n) is 4.75. The second-order valence-electron chi connectivity index (χ2n) is 10.7. The van der Waals surface area contributed by atoms with Gasteiger partial charge < -0.3 is 20.9 Å². The van der Waals surface area contributed by atoms with Gasteiger partial charge in [-0.3, -0.25) is 0 Å². The van der Waals surface area contributed by atoms with Crippen LogP contribution in [0.4, 0.5) is 4.79 Å². The van der Waals surface area contributed by atoms with Crippen LogP contribution in [0.1, 0.15) is 92.9 Å². The maximum Gasteiger partial charge on any atom is 0.509 e. The third kappa shape index (κ3) is 4.36. The number of hydrogen-bond donors (Lipinski definition) is 2. The molecule has 0 aliphatic heterocycles. The van der Waals surface area contributed by atoms with Crippen LogP contribution < -0.4 is 11.5 Å². The first-order valence-electron chi connectivity index (χ1n) is 10.2. The quantitative estimate of drug-likeness (QED) is 0.700. The third-order valence-corrected chi connectivity index (χ3v) is 6.79. The Morgan fingerprint density at radius 1 is 0.808 bits per heavy atom. The zero-order valence-corrected chi connectivity index (χ0v) is 17.7. The highest BCUT2D eigenvalue weighted by Gasteiger charge is 2.52. The van der Waals surface area contributed by atoms with E-state index in [-0.39, 0.29) is 22.9 Å². The maximum atomic E-state index is 13.0. The first kappa shape index (κ1) is 21.5. The fraction of sp³-hybridized carbons (Fsp3) is 0.952. The zero-order chi connectivity index (χ0) is 19.8. The van der Waals surface area contributed by atoms with Gasteiger partial charge in [-0.05, 0) is 38.5 Å². The Labute approximate surface area is 159 Å². The molecule has 0 saturated heterocycles. The van der Waals surface area contributed by atoms with Gasteiger partial charge in [-0.25, -0.2) is 4.79 Å². The summed E-state index contributed by atoms with van der Waals surface area (Å²) in [5.74, 6) is 0. The molecule has 2 fully saturated rings. The molecule has 0 bridgehead atoms. The lowest BCUT2D eigenvalue weighted by Crippen LogP contribution is -2.56. The number of rotatable bonds is 2. The van der Waals surface area contributed by atoms with Crippen LogP contribution in [0, 0.1) is 10.8 Å². The summed E-state index contributed by atoms with van der Waals surface area (Å²) in [5.41, 5.74) is 10.9. The molecule has 0 amide bonds. The summed E-state index contributed by atoms with van der Waals surface area (Å²) in [6.07, 6.45) is 6.40. The second kappa shape index (κ2) is 7.31. The predicted molar refractivity (Wildman–Crippen MR) is 105 cm³/mol. The third-order valence-electron chi connectivity index (χ3n) is 6.79. The fourth-order valence-corrected chi connectivity index (χ4v) is 4.75. The van der Waals surface area contributed by atoms with Crippen molar-refractivity contribution in [1.82, 2.24) is 0 Å². The summed E-state index contributed by atoms with van der Waals surface area (Å²) in [6, 6.07) is 0.130. The van der Waals surface area contributed by atoms with Crippen LogP contribution in [-0.2, 0) is 9.47 Å². The number of nitrogens with two attached hydrogens (primary N) is 2. The molecule has 5 nitrogen and oxygen atoms in total. The molecule has 2 aliphatic carbocycles. The summed E-state index contributed by atoms with van der Waals surface area (Å²) in [5, 5.41) is 0. The van der Waals surface area contributed by atoms with E-state index < -0.39 is 17.4 Å². The van der Waals surface area contributed by atoms with Gasteiger partial charge in [0, 0.05) is 35.8 Å². The minimum Gasteiger partial charge on any atom is -0.427 e. The molecular weight excluding hydrogens is 328 g/mol. The van der Waals surface area contributed by atoms with Crippen LogP contribution in [0.15, 0.2) is 0 Å². The van der Waals surface area contributed by atoms with Crippen LogP contribution in [0.3, 0.4) is 0 Å². The van der Waals surface area contributed by atoms with E-state index in [1.165, 1.54) is 0 Å². The second-order valence-corrected chi connectivity index (χ2v) is 10.7. The van der Waals surface area contributed by atoms with E-state index in [0.717, 1.165) is 38.5 Å². The topological polar surface area (TPSA) is 87.6 Å². The molecule has 0 heterocycles. The lowest BCUT2D eigenvalue weighted by Gasteiger charge is -2.50. The standard InChI is InChI=1S/C21H40N2O3/c1-18(2,3)20(11-7-9-15(22)13-20)25-17(24)26-21(19(4,5)6)12-8-10-16(23)14-21/h15-16H,7-14,22-23H2,1-6H3. The van der Waals surface area contributed by atoms with Crippen LogP contribution in [-0.4, -0.2) is 29.4 Å². The SMILES string of the molecule is CC(C)(C)C1(OC(=O)OC2(C(C)(C)C)CCCC(N)C2)CCCC(N)C1. The van der Waals surface area contributed by atoms with E-state index in [0.29, 0.717) is 12.8 Å². The van der Waals surface area contributed by atoms with Gasteiger partial charge in [0.15, 0.2) is 0 Å². The Balaban J connectivity index is 2.21. The van der Waals surface area contributed by atoms with Crippen LogP contribution in [0.2, 0.25) is 0 Å². The summed E-state index contributed by atoms with van der Waals surface area (Å²) in [4.78, 5) is 13.0. The van der Waals surface area contributed by atoms with Crippen molar-refractivity contribution < 1.29 is 14.3 Å². The smallest absolute Gasteiger partial charge is 0.427 e. The summed E-state index contributed by atoms with van der Waals surface area (Å²) < 4.78 is 12.2. The van der Waals surface area contributed by atoms with Gasteiger partial charge in [0.25, 0.3) is 0 Å². The number of carbonyl (C=O) groups excluding carboxylic acids is 1. The molecule has 5 heteroatoms. The predicted octanol–water partition coefficient (Wildman–Crippen LogP) is 4.51. The summed E-state index contributed by atoms with van der Waals surface area (Å²) in [6.45, 7) is 12.7. The van der Waals surface area contributed by atoms with E-state index in [4.69, 9.17) is 20.9 Å². The number of ether oxygens (including phenoxy) is 2. The van der Waals surface area contributed by atoms with Crippen molar-refractivity contribution >= 4 is 6.16 Å². The largest absolute Gasteiger partial charge is 0.509 e. The molecule has 152 valence electrons. The van der Waals surface area contributed by atoms with Crippen molar-refractivity contribution in [1.29, 1.82) is 0 Å². The first-order valence-corrected chi connectivity index (χ1v) is 10.2. The van der Waals surface area contributed by atoms with Crippen molar-refractivity contribution in [2.75, 3.05) is 0 Å².